The van der Waals surface area contributed by atoms with Gasteiger partial charge in [-0.2, -0.15) is 0 Å². The molecule has 0 fully saturated rings. The minimum absolute atomic E-state index is 0.0826. The summed E-state index contributed by atoms with van der Waals surface area (Å²) in [6.45, 7) is 0.476. The van der Waals surface area contributed by atoms with Crippen molar-refractivity contribution in [3.8, 4) is 11.5 Å². The Morgan fingerprint density at radius 2 is 1.81 bits per heavy atom. The van der Waals surface area contributed by atoms with Crippen LogP contribution in [0, 0.1) is 0 Å². The van der Waals surface area contributed by atoms with Crippen LogP contribution in [-0.2, 0) is 16.4 Å². The molecule has 16 heavy (non-hydrogen) atoms. The minimum atomic E-state index is -3.37. The molecule has 0 spiro atoms. The molecule has 0 aliphatic carbocycles. The van der Waals surface area contributed by atoms with Crippen LogP contribution in [0.25, 0.3) is 0 Å². The summed E-state index contributed by atoms with van der Waals surface area (Å²) in [5, 5.41) is 9.12. The Labute approximate surface area is 93.5 Å². The first kappa shape index (κ1) is 11.2. The minimum Gasteiger partial charge on any atom is -0.486 e. The van der Waals surface area contributed by atoms with Crippen LogP contribution in [0.3, 0.4) is 0 Å². The first-order valence-electron chi connectivity index (χ1n) is 4.76. The quantitative estimate of drug-likeness (QED) is 0.812. The molecule has 1 N–H and O–H groups in total. The van der Waals surface area contributed by atoms with Gasteiger partial charge in [0.1, 0.15) is 13.2 Å². The van der Waals surface area contributed by atoms with Gasteiger partial charge in [0.15, 0.2) is 21.3 Å². The summed E-state index contributed by atoms with van der Waals surface area (Å²) in [6.07, 6.45) is 1.09. The van der Waals surface area contributed by atoms with E-state index in [1.165, 1.54) is 12.1 Å². The molecule has 1 aromatic carbocycles. The monoisotopic (exact) mass is 244 g/mol. The smallest absolute Gasteiger partial charge is 0.176 e. The van der Waals surface area contributed by atoms with Crippen molar-refractivity contribution in [3.05, 3.63) is 17.7 Å². The molecule has 0 atom stereocenters. The second-order valence-corrected chi connectivity index (χ2v) is 5.52. The maximum absolute atomic E-state index is 11.5. The second-order valence-electron chi connectivity index (χ2n) is 3.53. The lowest BCUT2D eigenvalue weighted by Crippen LogP contribution is -2.16. The number of aliphatic hydroxyl groups is 1. The lowest BCUT2D eigenvalue weighted by atomic mass is 10.2. The number of fused-ring (bicyclic) bond motifs is 1. The average molecular weight is 244 g/mol. The van der Waals surface area contributed by atoms with Gasteiger partial charge in [0.25, 0.3) is 0 Å². The lowest BCUT2D eigenvalue weighted by molar-refractivity contribution is 0.170. The van der Waals surface area contributed by atoms with E-state index in [0.29, 0.717) is 30.3 Å². The Morgan fingerprint density at radius 3 is 2.31 bits per heavy atom. The molecule has 0 bridgehead atoms. The molecule has 1 aliphatic rings. The van der Waals surface area contributed by atoms with E-state index < -0.39 is 9.84 Å². The van der Waals surface area contributed by atoms with Gasteiger partial charge in [-0.3, -0.25) is 0 Å². The lowest BCUT2D eigenvalue weighted by Gasteiger charge is -2.20. The van der Waals surface area contributed by atoms with Crippen LogP contribution in [0.15, 0.2) is 17.0 Å². The Bertz CT molecular complexity index is 506. The molecule has 0 saturated carbocycles. The number of hydrogen-bond acceptors (Lipinski definition) is 5. The van der Waals surface area contributed by atoms with Crippen LogP contribution in [-0.4, -0.2) is 33.0 Å². The third-order valence-corrected chi connectivity index (χ3v) is 3.47. The third-order valence-electron chi connectivity index (χ3n) is 2.30. The summed E-state index contributed by atoms with van der Waals surface area (Å²) in [7, 11) is -3.37. The number of aliphatic hydroxyl groups excluding tert-OH is 1. The van der Waals surface area contributed by atoms with Crippen molar-refractivity contribution in [2.45, 2.75) is 11.5 Å². The molecule has 0 amide bonds. The molecule has 0 radical (unpaired) electrons. The second kappa shape index (κ2) is 3.95. The third kappa shape index (κ3) is 1.98. The van der Waals surface area contributed by atoms with Crippen molar-refractivity contribution in [1.82, 2.24) is 0 Å². The fraction of sp³-hybridized carbons (Fsp3) is 0.400. The molecule has 0 saturated heterocycles. The highest BCUT2D eigenvalue weighted by Crippen LogP contribution is 2.34. The highest BCUT2D eigenvalue weighted by Gasteiger charge is 2.20. The molecule has 2 rings (SSSR count). The first-order valence-corrected chi connectivity index (χ1v) is 6.65. The van der Waals surface area contributed by atoms with Crippen molar-refractivity contribution in [2.24, 2.45) is 0 Å². The SMILES string of the molecule is CS(=O)(=O)c1cc2c(cc1CO)OCCO2. The van der Waals surface area contributed by atoms with Gasteiger partial charge in [0, 0.05) is 12.3 Å². The van der Waals surface area contributed by atoms with Gasteiger partial charge >= 0.3 is 0 Å². The summed E-state index contributed by atoms with van der Waals surface area (Å²) >= 11 is 0. The highest BCUT2D eigenvalue weighted by atomic mass is 32.2. The topological polar surface area (TPSA) is 72.8 Å². The highest BCUT2D eigenvalue weighted by molar-refractivity contribution is 7.90. The van der Waals surface area contributed by atoms with Crippen molar-refractivity contribution in [2.75, 3.05) is 19.5 Å². The molecule has 88 valence electrons. The Kier molecular flexibility index (Phi) is 2.77. The van der Waals surface area contributed by atoms with Crippen LogP contribution in [0.5, 0.6) is 11.5 Å². The zero-order valence-electron chi connectivity index (χ0n) is 8.76. The van der Waals surface area contributed by atoms with Crippen LogP contribution in [0.1, 0.15) is 5.56 Å². The van der Waals surface area contributed by atoms with Gasteiger partial charge in [-0.25, -0.2) is 8.42 Å². The molecule has 6 heteroatoms. The van der Waals surface area contributed by atoms with E-state index in [-0.39, 0.29) is 11.5 Å². The van der Waals surface area contributed by atoms with Crippen LogP contribution in [0.4, 0.5) is 0 Å². The Morgan fingerprint density at radius 1 is 1.25 bits per heavy atom. The number of ether oxygens (including phenoxy) is 2. The van der Waals surface area contributed by atoms with E-state index >= 15 is 0 Å². The van der Waals surface area contributed by atoms with Gasteiger partial charge in [-0.1, -0.05) is 0 Å². The van der Waals surface area contributed by atoms with Gasteiger partial charge in [-0.15, -0.1) is 0 Å². The summed E-state index contributed by atoms with van der Waals surface area (Å²) in [5.41, 5.74) is 0.326. The molecular formula is C10H12O5S. The maximum Gasteiger partial charge on any atom is 0.176 e. The molecular weight excluding hydrogens is 232 g/mol. The van der Waals surface area contributed by atoms with Gasteiger partial charge in [-0.05, 0) is 11.6 Å². The first-order chi connectivity index (χ1) is 7.52. The number of sulfone groups is 1. The van der Waals surface area contributed by atoms with Crippen molar-refractivity contribution < 1.29 is 23.0 Å². The van der Waals surface area contributed by atoms with E-state index in [2.05, 4.69) is 0 Å². The van der Waals surface area contributed by atoms with Crippen molar-refractivity contribution in [1.29, 1.82) is 0 Å². The normalized spacial score (nSPS) is 14.9. The largest absolute Gasteiger partial charge is 0.486 e. The fourth-order valence-electron chi connectivity index (χ4n) is 1.58. The number of benzene rings is 1. The summed E-state index contributed by atoms with van der Waals surface area (Å²) < 4.78 is 33.6. The van der Waals surface area contributed by atoms with Crippen molar-refractivity contribution in [3.63, 3.8) is 0 Å². The molecule has 1 aliphatic heterocycles. The van der Waals surface area contributed by atoms with Crippen molar-refractivity contribution >= 4 is 9.84 Å². The molecule has 0 unspecified atom stereocenters. The zero-order valence-corrected chi connectivity index (χ0v) is 9.58. The van der Waals surface area contributed by atoms with E-state index in [0.717, 1.165) is 6.26 Å². The summed E-state index contributed by atoms with van der Waals surface area (Å²) in [5.74, 6) is 0.881. The summed E-state index contributed by atoms with van der Waals surface area (Å²) in [6, 6.07) is 2.90. The van der Waals surface area contributed by atoms with Gasteiger partial charge in [0.2, 0.25) is 0 Å². The van der Waals surface area contributed by atoms with E-state index in [4.69, 9.17) is 14.6 Å². The zero-order chi connectivity index (χ0) is 11.8. The number of rotatable bonds is 2. The Hall–Kier alpha value is -1.27. The average Bonchev–Trinajstić information content (AvgIpc) is 2.26. The van der Waals surface area contributed by atoms with Crippen LogP contribution >= 0.6 is 0 Å². The Balaban J connectivity index is 2.61. The van der Waals surface area contributed by atoms with E-state index in [9.17, 15) is 8.42 Å². The standard InChI is InChI=1S/C10H12O5S/c1-16(12,13)10-5-9-8(4-7(10)6-11)14-2-3-15-9/h4-5,11H,2-3,6H2,1H3. The molecule has 1 aromatic rings. The predicted molar refractivity (Wildman–Crippen MR) is 56.5 cm³/mol. The molecule has 0 aromatic heterocycles. The summed E-state index contributed by atoms with van der Waals surface area (Å²) in [4.78, 5) is 0.0826. The predicted octanol–water partition coefficient (Wildman–Crippen LogP) is 0.354. The van der Waals surface area contributed by atoms with E-state index in [1.807, 2.05) is 0 Å². The van der Waals surface area contributed by atoms with Crippen LogP contribution in [0.2, 0.25) is 0 Å². The molecule has 5 nitrogen and oxygen atoms in total. The maximum atomic E-state index is 11.5. The van der Waals surface area contributed by atoms with E-state index in [1.54, 1.807) is 0 Å². The molecule has 1 heterocycles. The van der Waals surface area contributed by atoms with Gasteiger partial charge in [0.05, 0.1) is 11.5 Å². The van der Waals surface area contributed by atoms with Gasteiger partial charge < -0.3 is 14.6 Å². The van der Waals surface area contributed by atoms with Crippen LogP contribution < -0.4 is 9.47 Å². The fourth-order valence-corrected chi connectivity index (χ4v) is 2.50. The number of hydrogen-bond donors (Lipinski definition) is 1.